The molecule has 2 rings (SSSR count). The number of aryl methyl sites for hydroxylation is 1. The Morgan fingerprint density at radius 3 is 2.45 bits per heavy atom. The first-order valence-corrected chi connectivity index (χ1v) is 7.75. The van der Waals surface area contributed by atoms with Gasteiger partial charge in [0.05, 0.1) is 0 Å². The van der Waals surface area contributed by atoms with Gasteiger partial charge in [0.2, 0.25) is 5.91 Å². The van der Waals surface area contributed by atoms with Gasteiger partial charge in [-0.25, -0.2) is 0 Å². The van der Waals surface area contributed by atoms with Crippen LogP contribution in [-0.4, -0.2) is 17.9 Å². The molecule has 0 unspecified atom stereocenters. The van der Waals surface area contributed by atoms with E-state index < -0.39 is 11.9 Å². The molecule has 0 radical (unpaired) electrons. The number of amides is 2. The summed E-state index contributed by atoms with van der Waals surface area (Å²) in [4.78, 5) is 23.7. The van der Waals surface area contributed by atoms with Crippen LogP contribution in [0.2, 0.25) is 0 Å². The summed E-state index contributed by atoms with van der Waals surface area (Å²) >= 11 is 3.32. The Balaban J connectivity index is 1.99. The number of nitrogens with two attached hydrogens (primary N) is 1. The summed E-state index contributed by atoms with van der Waals surface area (Å²) in [6.07, 6.45) is 1.15. The third-order valence-electron chi connectivity index (χ3n) is 3.30. The topological polar surface area (TPSA) is 72.2 Å². The summed E-state index contributed by atoms with van der Waals surface area (Å²) in [6.45, 7) is 0. The molecule has 114 valence electrons. The largest absolute Gasteiger partial charge is 0.368 e. The quantitative estimate of drug-likeness (QED) is 0.830. The molecule has 3 N–H and O–H groups in total. The van der Waals surface area contributed by atoms with Crippen LogP contribution in [0.1, 0.15) is 22.3 Å². The van der Waals surface area contributed by atoms with Crippen molar-refractivity contribution in [2.75, 3.05) is 0 Å². The molecule has 0 aromatic heterocycles. The van der Waals surface area contributed by atoms with E-state index in [2.05, 4.69) is 21.2 Å². The van der Waals surface area contributed by atoms with Crippen LogP contribution in [-0.2, 0) is 11.2 Å². The average molecular weight is 361 g/mol. The molecule has 0 aliphatic heterocycles. The molecule has 22 heavy (non-hydrogen) atoms. The Labute approximate surface area is 137 Å². The lowest BCUT2D eigenvalue weighted by atomic mass is 10.0. The number of halogens is 1. The van der Waals surface area contributed by atoms with Gasteiger partial charge in [-0.1, -0.05) is 52.3 Å². The van der Waals surface area contributed by atoms with Gasteiger partial charge < -0.3 is 11.1 Å². The van der Waals surface area contributed by atoms with Crippen LogP contribution in [0.15, 0.2) is 59.1 Å². The summed E-state index contributed by atoms with van der Waals surface area (Å²) in [5.41, 5.74) is 6.98. The molecular weight excluding hydrogens is 344 g/mol. The van der Waals surface area contributed by atoms with E-state index >= 15 is 0 Å². The van der Waals surface area contributed by atoms with Gasteiger partial charge in [0.15, 0.2) is 0 Å². The molecule has 0 fully saturated rings. The van der Waals surface area contributed by atoms with Crippen LogP contribution in [0.5, 0.6) is 0 Å². The molecule has 0 aliphatic rings. The Hall–Kier alpha value is -2.14. The minimum Gasteiger partial charge on any atom is -0.368 e. The summed E-state index contributed by atoms with van der Waals surface area (Å²) < 4.78 is 0.806. The van der Waals surface area contributed by atoms with Gasteiger partial charge >= 0.3 is 0 Å². The van der Waals surface area contributed by atoms with Crippen LogP contribution in [0.3, 0.4) is 0 Å². The van der Waals surface area contributed by atoms with Crippen LogP contribution in [0.25, 0.3) is 0 Å². The number of carbonyl (C=O) groups is 2. The standard InChI is InChI=1S/C17H17BrN2O2/c18-14-8-4-7-13(11-14)17(22)20-15(16(19)21)10-9-12-5-2-1-3-6-12/h1-8,11,15H,9-10H2,(H2,19,21)(H,20,22)/t15-/m0/s1. The van der Waals surface area contributed by atoms with Crippen molar-refractivity contribution in [1.29, 1.82) is 0 Å². The van der Waals surface area contributed by atoms with E-state index in [4.69, 9.17) is 5.73 Å². The van der Waals surface area contributed by atoms with Crippen molar-refractivity contribution in [3.8, 4) is 0 Å². The van der Waals surface area contributed by atoms with Gasteiger partial charge in [-0.15, -0.1) is 0 Å². The number of carbonyl (C=O) groups excluding carboxylic acids is 2. The number of primary amides is 1. The first kappa shape index (κ1) is 16.2. The fourth-order valence-electron chi connectivity index (χ4n) is 2.11. The predicted molar refractivity (Wildman–Crippen MR) is 89.4 cm³/mol. The highest BCUT2D eigenvalue weighted by Gasteiger charge is 2.18. The smallest absolute Gasteiger partial charge is 0.251 e. The second-order valence-electron chi connectivity index (χ2n) is 4.96. The maximum atomic E-state index is 12.2. The summed E-state index contributed by atoms with van der Waals surface area (Å²) in [6, 6.07) is 16.1. The van der Waals surface area contributed by atoms with Crippen molar-refractivity contribution >= 4 is 27.7 Å². The molecule has 0 bridgehead atoms. The maximum Gasteiger partial charge on any atom is 0.251 e. The van der Waals surface area contributed by atoms with E-state index in [0.29, 0.717) is 18.4 Å². The van der Waals surface area contributed by atoms with Crippen molar-refractivity contribution in [1.82, 2.24) is 5.32 Å². The zero-order chi connectivity index (χ0) is 15.9. The van der Waals surface area contributed by atoms with Gasteiger partial charge in [0.25, 0.3) is 5.91 Å². The fraction of sp³-hybridized carbons (Fsp3) is 0.176. The van der Waals surface area contributed by atoms with Crippen molar-refractivity contribution in [2.45, 2.75) is 18.9 Å². The Bertz CT molecular complexity index is 659. The number of rotatable bonds is 6. The van der Waals surface area contributed by atoms with E-state index in [1.54, 1.807) is 18.2 Å². The molecule has 0 saturated heterocycles. The van der Waals surface area contributed by atoms with E-state index in [-0.39, 0.29) is 5.91 Å². The van der Waals surface area contributed by atoms with Crippen molar-refractivity contribution in [3.05, 3.63) is 70.2 Å². The average Bonchev–Trinajstić information content (AvgIpc) is 2.52. The number of benzene rings is 2. The SMILES string of the molecule is NC(=O)[C@H](CCc1ccccc1)NC(=O)c1cccc(Br)c1. The molecule has 2 aromatic carbocycles. The zero-order valence-corrected chi connectivity index (χ0v) is 13.5. The third-order valence-corrected chi connectivity index (χ3v) is 3.79. The van der Waals surface area contributed by atoms with E-state index in [1.165, 1.54) is 0 Å². The molecule has 0 heterocycles. The molecule has 1 atom stereocenters. The van der Waals surface area contributed by atoms with Crippen LogP contribution in [0.4, 0.5) is 0 Å². The van der Waals surface area contributed by atoms with E-state index in [9.17, 15) is 9.59 Å². The molecule has 2 aromatic rings. The lowest BCUT2D eigenvalue weighted by Crippen LogP contribution is -2.44. The second kappa shape index (κ2) is 7.75. The Morgan fingerprint density at radius 1 is 1.09 bits per heavy atom. The number of hydrogen-bond acceptors (Lipinski definition) is 2. The molecular formula is C17H17BrN2O2. The number of hydrogen-bond donors (Lipinski definition) is 2. The maximum absolute atomic E-state index is 12.2. The van der Waals surface area contributed by atoms with Gasteiger partial charge in [-0.3, -0.25) is 9.59 Å². The monoisotopic (exact) mass is 360 g/mol. The zero-order valence-electron chi connectivity index (χ0n) is 12.0. The second-order valence-corrected chi connectivity index (χ2v) is 5.88. The molecule has 5 heteroatoms. The van der Waals surface area contributed by atoms with Gasteiger partial charge in [0, 0.05) is 10.0 Å². The Kier molecular flexibility index (Phi) is 5.72. The van der Waals surface area contributed by atoms with Crippen molar-refractivity contribution in [3.63, 3.8) is 0 Å². The fourth-order valence-corrected chi connectivity index (χ4v) is 2.51. The molecule has 0 spiro atoms. The minimum atomic E-state index is -0.688. The minimum absolute atomic E-state index is 0.307. The molecule has 0 saturated carbocycles. The third kappa shape index (κ3) is 4.70. The summed E-state index contributed by atoms with van der Waals surface area (Å²) in [5.74, 6) is -0.836. The normalized spacial score (nSPS) is 11.7. The summed E-state index contributed by atoms with van der Waals surface area (Å²) in [7, 11) is 0. The van der Waals surface area contributed by atoms with E-state index in [1.807, 2.05) is 36.4 Å². The number of nitrogens with one attached hydrogen (secondary N) is 1. The highest BCUT2D eigenvalue weighted by molar-refractivity contribution is 9.10. The van der Waals surface area contributed by atoms with Crippen LogP contribution in [0, 0.1) is 0 Å². The van der Waals surface area contributed by atoms with E-state index in [0.717, 1.165) is 10.0 Å². The summed E-state index contributed by atoms with van der Waals surface area (Å²) in [5, 5.41) is 2.70. The van der Waals surface area contributed by atoms with Crippen LogP contribution < -0.4 is 11.1 Å². The predicted octanol–water partition coefficient (Wildman–Crippen LogP) is 2.67. The van der Waals surface area contributed by atoms with Crippen LogP contribution >= 0.6 is 15.9 Å². The van der Waals surface area contributed by atoms with Gasteiger partial charge in [0.1, 0.15) is 6.04 Å². The molecule has 4 nitrogen and oxygen atoms in total. The lowest BCUT2D eigenvalue weighted by Gasteiger charge is -2.15. The first-order valence-electron chi connectivity index (χ1n) is 6.96. The van der Waals surface area contributed by atoms with Crippen molar-refractivity contribution < 1.29 is 9.59 Å². The first-order chi connectivity index (χ1) is 10.6. The molecule has 2 amide bonds. The highest BCUT2D eigenvalue weighted by atomic mass is 79.9. The highest BCUT2D eigenvalue weighted by Crippen LogP contribution is 2.12. The molecule has 0 aliphatic carbocycles. The lowest BCUT2D eigenvalue weighted by molar-refractivity contribution is -0.120. The van der Waals surface area contributed by atoms with Gasteiger partial charge in [-0.05, 0) is 36.6 Å². The Morgan fingerprint density at radius 2 is 1.82 bits per heavy atom. The van der Waals surface area contributed by atoms with Crippen molar-refractivity contribution in [2.24, 2.45) is 5.73 Å². The van der Waals surface area contributed by atoms with Gasteiger partial charge in [-0.2, -0.15) is 0 Å².